The number of hydrogen-bond donors (Lipinski definition) is 1. The maximum Gasteiger partial charge on any atom is 0.449 e. The van der Waals surface area contributed by atoms with Crippen molar-refractivity contribution >= 4 is 11.6 Å². The maximum atomic E-state index is 12.4. The Morgan fingerprint density at radius 2 is 2.12 bits per heavy atom. The Hall–Kier alpha value is -1.86. The lowest BCUT2D eigenvalue weighted by Gasteiger charge is -2.11. The zero-order valence-electron chi connectivity index (χ0n) is 9.13. The number of nitrogens with one attached hydrogen (secondary N) is 1. The molecule has 0 unspecified atom stereocenters. The molecular weight excluding hydrogens is 239 g/mol. The number of aromatic nitrogens is 2. The third kappa shape index (κ3) is 2.83. The van der Waals surface area contributed by atoms with Gasteiger partial charge in [0, 0.05) is 13.5 Å². The van der Waals surface area contributed by atoms with Crippen molar-refractivity contribution in [3.63, 3.8) is 0 Å². The van der Waals surface area contributed by atoms with Crippen LogP contribution in [-0.2, 0) is 18.0 Å². The van der Waals surface area contributed by atoms with Gasteiger partial charge in [0.1, 0.15) is 5.69 Å². The van der Waals surface area contributed by atoms with E-state index in [9.17, 15) is 22.8 Å². The number of halogens is 3. The van der Waals surface area contributed by atoms with Gasteiger partial charge in [0.15, 0.2) is 0 Å². The molecule has 0 aromatic carbocycles. The van der Waals surface area contributed by atoms with E-state index in [0.717, 1.165) is 7.05 Å². The number of alkyl halides is 3. The Labute approximate surface area is 94.3 Å². The average Bonchev–Trinajstić information content (AvgIpc) is 2.22. The van der Waals surface area contributed by atoms with E-state index in [-0.39, 0.29) is 12.1 Å². The lowest BCUT2D eigenvalue weighted by Crippen LogP contribution is -2.30. The Balaban J connectivity index is 3.21. The molecule has 0 aliphatic rings. The third-order valence-electron chi connectivity index (χ3n) is 2.02. The van der Waals surface area contributed by atoms with Crippen LogP contribution in [-0.4, -0.2) is 15.5 Å². The summed E-state index contributed by atoms with van der Waals surface area (Å²) in [7, 11) is 0.944. The zero-order valence-corrected chi connectivity index (χ0v) is 9.13. The highest BCUT2D eigenvalue weighted by molar-refractivity contribution is 5.90. The highest BCUT2D eigenvalue weighted by Crippen LogP contribution is 2.26. The van der Waals surface area contributed by atoms with E-state index in [1.807, 2.05) is 0 Å². The van der Waals surface area contributed by atoms with E-state index in [4.69, 9.17) is 0 Å². The number of nitrogens with zero attached hydrogens (tertiary/aromatic N) is 2. The van der Waals surface area contributed by atoms with Crippen molar-refractivity contribution in [2.45, 2.75) is 19.5 Å². The predicted octanol–water partition coefficient (Wildman–Crippen LogP) is 1.15. The summed E-state index contributed by atoms with van der Waals surface area (Å²) in [5, 5.41) is 2.18. The normalized spacial score (nSPS) is 11.4. The van der Waals surface area contributed by atoms with Gasteiger partial charge in [0.2, 0.25) is 11.7 Å². The monoisotopic (exact) mass is 249 g/mol. The Morgan fingerprint density at radius 3 is 2.59 bits per heavy atom. The summed E-state index contributed by atoms with van der Waals surface area (Å²) < 4.78 is 37.5. The standard InChI is InChI=1S/C9H10F3N3O2/c1-3-6(16)14-5-4-13-8(9(10,11)12)15(2)7(5)17/h4H,3H2,1-2H3,(H,14,16). The summed E-state index contributed by atoms with van der Waals surface area (Å²) in [6.45, 7) is 1.55. The average molecular weight is 249 g/mol. The van der Waals surface area contributed by atoms with Crippen LogP contribution < -0.4 is 10.9 Å². The first-order chi connectivity index (χ1) is 7.77. The molecule has 1 rings (SSSR count). The topological polar surface area (TPSA) is 64.0 Å². The van der Waals surface area contributed by atoms with Crippen LogP contribution in [0.5, 0.6) is 0 Å². The fourth-order valence-electron chi connectivity index (χ4n) is 1.13. The lowest BCUT2D eigenvalue weighted by molar-refractivity contribution is -0.147. The highest BCUT2D eigenvalue weighted by atomic mass is 19.4. The molecule has 1 N–H and O–H groups in total. The molecular formula is C9H10F3N3O2. The van der Waals surface area contributed by atoms with Gasteiger partial charge in [-0.1, -0.05) is 6.92 Å². The molecule has 0 aliphatic carbocycles. The first kappa shape index (κ1) is 13.2. The minimum atomic E-state index is -4.71. The van der Waals surface area contributed by atoms with Crippen LogP contribution in [0, 0.1) is 0 Å². The molecule has 8 heteroatoms. The van der Waals surface area contributed by atoms with Gasteiger partial charge in [-0.15, -0.1) is 0 Å². The van der Waals surface area contributed by atoms with Crippen molar-refractivity contribution in [1.82, 2.24) is 9.55 Å². The zero-order chi connectivity index (χ0) is 13.2. The minimum absolute atomic E-state index is 0.115. The molecule has 0 spiro atoms. The fourth-order valence-corrected chi connectivity index (χ4v) is 1.13. The van der Waals surface area contributed by atoms with E-state index in [0.29, 0.717) is 10.8 Å². The lowest BCUT2D eigenvalue weighted by atomic mass is 10.4. The number of carbonyl (C=O) groups excluding carboxylic acids is 1. The van der Waals surface area contributed by atoms with E-state index >= 15 is 0 Å². The Bertz CT molecular complexity index is 493. The second kappa shape index (κ2) is 4.56. The number of hydrogen-bond acceptors (Lipinski definition) is 3. The van der Waals surface area contributed by atoms with E-state index < -0.39 is 23.5 Å². The Morgan fingerprint density at radius 1 is 1.53 bits per heavy atom. The van der Waals surface area contributed by atoms with Crippen molar-refractivity contribution in [3.8, 4) is 0 Å². The SMILES string of the molecule is CCC(=O)Nc1cnc(C(F)(F)F)n(C)c1=O. The summed E-state index contributed by atoms with van der Waals surface area (Å²) in [6.07, 6.45) is -3.88. The first-order valence-corrected chi connectivity index (χ1v) is 4.70. The molecule has 0 saturated carbocycles. The van der Waals surface area contributed by atoms with Crippen molar-refractivity contribution in [2.24, 2.45) is 7.05 Å². The molecule has 1 heterocycles. The second-order valence-corrected chi connectivity index (χ2v) is 3.26. The number of rotatable bonds is 2. The van der Waals surface area contributed by atoms with E-state index in [1.165, 1.54) is 0 Å². The van der Waals surface area contributed by atoms with Crippen LogP contribution in [0.25, 0.3) is 0 Å². The van der Waals surface area contributed by atoms with Gasteiger partial charge < -0.3 is 5.32 Å². The van der Waals surface area contributed by atoms with Crippen LogP contribution in [0.3, 0.4) is 0 Å². The predicted molar refractivity (Wildman–Crippen MR) is 53.4 cm³/mol. The molecule has 1 aromatic heterocycles. The summed E-state index contributed by atoms with van der Waals surface area (Å²) >= 11 is 0. The van der Waals surface area contributed by atoms with Crippen LogP contribution in [0.1, 0.15) is 19.2 Å². The van der Waals surface area contributed by atoms with Crippen LogP contribution in [0.4, 0.5) is 18.9 Å². The smallest absolute Gasteiger partial charge is 0.320 e. The third-order valence-corrected chi connectivity index (χ3v) is 2.02. The molecule has 0 saturated heterocycles. The van der Waals surface area contributed by atoms with Crippen molar-refractivity contribution in [3.05, 3.63) is 22.4 Å². The van der Waals surface area contributed by atoms with Gasteiger partial charge in [-0.05, 0) is 0 Å². The van der Waals surface area contributed by atoms with Gasteiger partial charge in [-0.3, -0.25) is 14.2 Å². The van der Waals surface area contributed by atoms with Gasteiger partial charge in [0.05, 0.1) is 6.20 Å². The molecule has 0 fully saturated rings. The highest BCUT2D eigenvalue weighted by Gasteiger charge is 2.36. The summed E-state index contributed by atoms with van der Waals surface area (Å²) in [5.74, 6) is -1.78. The molecule has 0 aliphatic heterocycles. The summed E-state index contributed by atoms with van der Waals surface area (Å²) in [5.41, 5.74) is -1.22. The van der Waals surface area contributed by atoms with Crippen LogP contribution in [0.2, 0.25) is 0 Å². The molecule has 1 aromatic rings. The quantitative estimate of drug-likeness (QED) is 0.855. The number of amides is 1. The summed E-state index contributed by atoms with van der Waals surface area (Å²) in [4.78, 5) is 25.6. The van der Waals surface area contributed by atoms with Gasteiger partial charge in [-0.2, -0.15) is 13.2 Å². The van der Waals surface area contributed by atoms with Gasteiger partial charge in [-0.25, -0.2) is 4.98 Å². The van der Waals surface area contributed by atoms with Gasteiger partial charge in [0.25, 0.3) is 5.56 Å². The molecule has 94 valence electrons. The number of anilines is 1. The molecule has 0 bridgehead atoms. The van der Waals surface area contributed by atoms with Crippen LogP contribution >= 0.6 is 0 Å². The van der Waals surface area contributed by atoms with Crippen molar-refractivity contribution in [1.29, 1.82) is 0 Å². The molecule has 17 heavy (non-hydrogen) atoms. The minimum Gasteiger partial charge on any atom is -0.320 e. The molecule has 0 atom stereocenters. The van der Waals surface area contributed by atoms with Crippen molar-refractivity contribution < 1.29 is 18.0 Å². The molecule has 0 radical (unpaired) electrons. The molecule has 5 nitrogen and oxygen atoms in total. The van der Waals surface area contributed by atoms with Gasteiger partial charge >= 0.3 is 6.18 Å². The first-order valence-electron chi connectivity index (χ1n) is 4.70. The Kier molecular flexibility index (Phi) is 3.54. The van der Waals surface area contributed by atoms with E-state index in [1.54, 1.807) is 6.92 Å². The van der Waals surface area contributed by atoms with E-state index in [2.05, 4.69) is 10.3 Å². The molecule has 1 amide bonds. The maximum absolute atomic E-state index is 12.4. The fraction of sp³-hybridized carbons (Fsp3) is 0.444. The number of carbonyl (C=O) groups is 1. The van der Waals surface area contributed by atoms with Crippen LogP contribution in [0.15, 0.2) is 11.0 Å². The largest absolute Gasteiger partial charge is 0.449 e. The second-order valence-electron chi connectivity index (χ2n) is 3.26. The van der Waals surface area contributed by atoms with Crippen molar-refractivity contribution in [2.75, 3.05) is 5.32 Å². The summed E-state index contributed by atoms with van der Waals surface area (Å²) in [6, 6.07) is 0.